The van der Waals surface area contributed by atoms with Gasteiger partial charge in [-0.2, -0.15) is 0 Å². The minimum atomic E-state index is -0.616. The van der Waals surface area contributed by atoms with Crippen LogP contribution in [0.1, 0.15) is 26.7 Å². The van der Waals surface area contributed by atoms with E-state index in [1.165, 1.54) is 6.92 Å². The molecule has 0 bridgehead atoms. The third-order valence-corrected chi connectivity index (χ3v) is 17.9. The van der Waals surface area contributed by atoms with Gasteiger partial charge < -0.3 is 223 Å². The van der Waals surface area contributed by atoms with Crippen LogP contribution in [0.3, 0.4) is 0 Å². The average Bonchev–Trinajstić information content (AvgIpc) is 1.03. The number of carbonyl (C=O) groups is 3. The van der Waals surface area contributed by atoms with E-state index in [2.05, 4.69) is 5.32 Å². The molecule has 50 nitrogen and oxygen atoms in total. The minimum absolute atomic E-state index is 0.213. The first kappa shape index (κ1) is 145. The first-order valence-electron chi connectivity index (χ1n) is 52.5. The minimum Gasteiger partial charge on any atom is -0.463 e. The first-order valence-corrected chi connectivity index (χ1v) is 52.5. The van der Waals surface area contributed by atoms with Gasteiger partial charge in [0.2, 0.25) is 0 Å². The largest absolute Gasteiger partial charge is 0.463 e. The maximum Gasteiger partial charge on any atom is 0.407 e. The molecule has 0 heterocycles. The van der Waals surface area contributed by atoms with Gasteiger partial charge in [-0.05, 0) is 13.3 Å². The lowest BCUT2D eigenvalue weighted by Gasteiger charge is -2.09. The van der Waals surface area contributed by atoms with E-state index in [-0.39, 0.29) is 25.0 Å². The molecule has 0 aliphatic carbocycles. The highest BCUT2D eigenvalue weighted by Gasteiger charge is 2.09. The molecule has 0 radical (unpaired) electrons. The number of rotatable bonds is 139. The third kappa shape index (κ3) is 139. The summed E-state index contributed by atoms with van der Waals surface area (Å²) in [7, 11) is 0. The number of hydrogen-bond donors (Lipinski definition) is 1. The highest BCUT2D eigenvalue weighted by molar-refractivity contribution is 5.79. The van der Waals surface area contributed by atoms with Crippen LogP contribution in [0.25, 0.3) is 0 Å². The molecule has 0 aliphatic rings. The second kappa shape index (κ2) is 138. The Morgan fingerprint density at radius 1 is 0.135 bits per heavy atom. The van der Waals surface area contributed by atoms with Gasteiger partial charge >= 0.3 is 12.1 Å². The van der Waals surface area contributed by atoms with Crippen LogP contribution in [0.4, 0.5) is 4.79 Å². The average molecular weight is 2170 g/mol. The lowest BCUT2D eigenvalue weighted by atomic mass is 10.4. The van der Waals surface area contributed by atoms with Crippen molar-refractivity contribution in [2.24, 2.45) is 0 Å². The quantitative estimate of drug-likeness (QED) is 0.0664. The van der Waals surface area contributed by atoms with Gasteiger partial charge in [0.1, 0.15) is 6.61 Å². The number of hydrogen-bond acceptors (Lipinski definition) is 49. The molecule has 1 N–H and O–H groups in total. The smallest absolute Gasteiger partial charge is 0.407 e. The molecule has 1 amide bonds. The number of ether oxygens (including phenoxy) is 46. The molecule has 0 saturated carbocycles. The molecule has 0 aliphatic heterocycles. The molecule has 884 valence electrons. The number of carbonyl (C=O) groups excluding carboxylic acids is 3. The van der Waals surface area contributed by atoms with Gasteiger partial charge in [0.05, 0.1) is 575 Å². The molecular formula is C98H193NO49. The van der Waals surface area contributed by atoms with Crippen molar-refractivity contribution in [2.75, 3.05) is 601 Å². The summed E-state index contributed by atoms with van der Waals surface area (Å²) < 4.78 is 253. The van der Waals surface area contributed by atoms with Crippen LogP contribution >= 0.6 is 0 Å². The molecule has 0 unspecified atom stereocenters. The maximum absolute atomic E-state index is 11.3. The predicted molar refractivity (Wildman–Crippen MR) is 532 cm³/mol. The number of esters is 1. The second-order valence-corrected chi connectivity index (χ2v) is 30.1. The van der Waals surface area contributed by atoms with Crippen LogP contribution in [0.5, 0.6) is 0 Å². The van der Waals surface area contributed by atoms with Crippen LogP contribution in [-0.4, -0.2) is 619 Å². The Kier molecular flexibility index (Phi) is 135. The van der Waals surface area contributed by atoms with E-state index in [0.29, 0.717) is 601 Å². The van der Waals surface area contributed by atoms with Crippen LogP contribution in [-0.2, 0) is 227 Å². The van der Waals surface area contributed by atoms with Crippen molar-refractivity contribution in [3.63, 3.8) is 0 Å². The van der Waals surface area contributed by atoms with Crippen LogP contribution in [0.15, 0.2) is 0 Å². The number of amides is 1. The summed E-state index contributed by atoms with van der Waals surface area (Å²) in [5.41, 5.74) is 0. The predicted octanol–water partition coefficient (Wildman–Crippen LogP) is 1.38. The lowest BCUT2D eigenvalue weighted by molar-refractivity contribution is -0.145. The second-order valence-electron chi connectivity index (χ2n) is 30.1. The first-order chi connectivity index (χ1) is 73.6. The van der Waals surface area contributed by atoms with Crippen molar-refractivity contribution in [2.45, 2.75) is 26.7 Å². The van der Waals surface area contributed by atoms with Gasteiger partial charge in [0.25, 0.3) is 0 Å². The summed E-state index contributed by atoms with van der Waals surface area (Å²) in [6.45, 7) is 44.7. The van der Waals surface area contributed by atoms with E-state index in [0.717, 1.165) is 0 Å². The van der Waals surface area contributed by atoms with Gasteiger partial charge in [0.15, 0.2) is 12.4 Å². The SMILES string of the molecule is CCC(=O)OCCOCCOCCOCCOCCOCCOCCOCCOCCOCCOCCOCCOCCOCCOCCOCCOCCOCCOCCOCCOCCOCCOCCOCCOCCOCCOCCOCCOCCOCCOCCOCCOCCOCCOCCOCCOCCOCCOCCOCCOCCOCCOCCOCCOCCCNC(=O)OCC(C)=O. The van der Waals surface area contributed by atoms with Gasteiger partial charge in [-0.15, -0.1) is 0 Å². The van der Waals surface area contributed by atoms with E-state index in [4.69, 9.17) is 218 Å². The number of ketones is 1. The van der Waals surface area contributed by atoms with Crippen LogP contribution < -0.4 is 5.32 Å². The monoisotopic (exact) mass is 2170 g/mol. The zero-order valence-electron chi connectivity index (χ0n) is 89.8. The summed E-state index contributed by atoms with van der Waals surface area (Å²) in [4.78, 5) is 33.1. The fourth-order valence-corrected chi connectivity index (χ4v) is 10.5. The molecule has 148 heavy (non-hydrogen) atoms. The highest BCUT2D eigenvalue weighted by Crippen LogP contribution is 1.99. The number of Topliss-reactive ketones (excluding diaryl/α,β-unsaturated/α-hetero) is 1. The lowest BCUT2D eigenvalue weighted by Crippen LogP contribution is -2.27. The summed E-state index contributed by atoms with van der Waals surface area (Å²) in [5.74, 6) is -0.445. The molecule has 0 saturated heterocycles. The summed E-state index contributed by atoms with van der Waals surface area (Å²) >= 11 is 0. The van der Waals surface area contributed by atoms with E-state index < -0.39 is 6.09 Å². The summed E-state index contributed by atoms with van der Waals surface area (Å²) in [6, 6.07) is 0. The standard InChI is InChI=1S/C98H193NO49/c1-3-97(101)147-94-93-146-92-91-145-90-89-144-88-87-143-86-85-142-84-83-141-82-81-140-80-79-139-78-77-138-76-75-137-74-73-136-72-71-135-70-69-134-68-67-133-66-65-132-64-63-131-62-61-130-60-59-129-58-57-128-56-55-127-54-53-126-52-51-125-50-49-124-48-47-123-46-45-122-44-43-121-42-41-120-40-39-119-38-37-118-36-35-117-34-33-116-32-31-115-30-29-114-28-27-113-26-25-112-24-23-111-22-21-110-20-19-109-18-17-108-16-15-107-14-13-106-12-11-105-10-9-104-8-7-103-6-4-5-99-98(102)148-95-96(2)100/h3-95H2,1-2H3,(H,99,102). The fourth-order valence-electron chi connectivity index (χ4n) is 10.5. The van der Waals surface area contributed by atoms with Crippen molar-refractivity contribution < 1.29 is 232 Å². The van der Waals surface area contributed by atoms with Crippen molar-refractivity contribution in [3.05, 3.63) is 0 Å². The van der Waals surface area contributed by atoms with Crippen molar-refractivity contribution in [3.8, 4) is 0 Å². The molecule has 0 aromatic carbocycles. The third-order valence-electron chi connectivity index (χ3n) is 17.9. The molecular weight excluding hydrogens is 1980 g/mol. The normalized spacial score (nSPS) is 11.7. The van der Waals surface area contributed by atoms with Crippen LogP contribution in [0.2, 0.25) is 0 Å². The number of alkyl carbamates (subject to hydrolysis) is 1. The summed E-state index contributed by atoms with van der Waals surface area (Å²) in [6.07, 6.45) is 0.365. The molecule has 0 rings (SSSR count). The van der Waals surface area contributed by atoms with Gasteiger partial charge in [-0.1, -0.05) is 6.92 Å². The molecule has 0 fully saturated rings. The van der Waals surface area contributed by atoms with Crippen molar-refractivity contribution in [1.29, 1.82) is 0 Å². The van der Waals surface area contributed by atoms with Crippen molar-refractivity contribution in [1.82, 2.24) is 5.32 Å². The molecule has 0 spiro atoms. The highest BCUT2D eigenvalue weighted by atomic mass is 16.7. The topological polar surface area (TPSA) is 488 Å². The van der Waals surface area contributed by atoms with Gasteiger partial charge in [-0.25, -0.2) is 4.79 Å². The maximum atomic E-state index is 11.3. The Balaban J connectivity index is 3.11. The Morgan fingerprint density at radius 3 is 0.324 bits per heavy atom. The summed E-state index contributed by atoms with van der Waals surface area (Å²) in [5, 5.41) is 2.54. The molecule has 0 aromatic heterocycles. The molecule has 0 atom stereocenters. The van der Waals surface area contributed by atoms with Crippen molar-refractivity contribution >= 4 is 17.8 Å². The Bertz CT molecular complexity index is 2240. The molecule has 50 heteroatoms. The Morgan fingerprint density at radius 2 is 0.230 bits per heavy atom. The molecule has 0 aromatic rings. The van der Waals surface area contributed by atoms with E-state index in [1.54, 1.807) is 6.92 Å². The zero-order chi connectivity index (χ0) is 106. The Hall–Kier alpha value is -3.35. The van der Waals surface area contributed by atoms with Gasteiger partial charge in [0, 0.05) is 19.6 Å². The van der Waals surface area contributed by atoms with Crippen LogP contribution in [0, 0.1) is 0 Å². The van der Waals surface area contributed by atoms with E-state index in [1.807, 2.05) is 0 Å². The zero-order valence-corrected chi connectivity index (χ0v) is 89.8. The van der Waals surface area contributed by atoms with E-state index in [9.17, 15) is 14.4 Å². The number of nitrogens with one attached hydrogen (secondary N) is 1. The van der Waals surface area contributed by atoms with E-state index >= 15 is 0 Å². The fraction of sp³-hybridized carbons (Fsp3) is 0.969. The van der Waals surface area contributed by atoms with Gasteiger partial charge in [-0.3, -0.25) is 9.59 Å². The Labute approximate surface area is 879 Å².